The summed E-state index contributed by atoms with van der Waals surface area (Å²) in [5, 5.41) is 9.42. The molecule has 0 saturated heterocycles. The summed E-state index contributed by atoms with van der Waals surface area (Å²) in [6, 6.07) is 13.4. The van der Waals surface area contributed by atoms with E-state index in [1.807, 2.05) is 36.4 Å². The molecule has 0 atom stereocenters. The summed E-state index contributed by atoms with van der Waals surface area (Å²) in [6.07, 6.45) is 1.71. The average Bonchev–Trinajstić information content (AvgIpc) is 2.38. The van der Waals surface area contributed by atoms with Gasteiger partial charge in [0.15, 0.2) is 0 Å². The van der Waals surface area contributed by atoms with Gasteiger partial charge in [-0.3, -0.25) is 0 Å². The highest BCUT2D eigenvalue weighted by atomic mass is 35.5. The number of pyridine rings is 1. The van der Waals surface area contributed by atoms with E-state index in [1.165, 1.54) is 0 Å². The fourth-order valence-electron chi connectivity index (χ4n) is 1.31. The molecule has 4 heteroatoms. The second-order valence-electron chi connectivity index (χ2n) is 3.37. The summed E-state index contributed by atoms with van der Waals surface area (Å²) >= 11 is 7.72. The Balaban J connectivity index is 2.03. The molecule has 17 heavy (non-hydrogen) atoms. The molecule has 1 heterocycles. The minimum atomic E-state index is 0.437. The zero-order valence-corrected chi connectivity index (χ0v) is 10.5. The minimum Gasteiger partial charge on any atom is -0.244 e. The predicted octanol–water partition coefficient (Wildman–Crippen LogP) is 3.90. The Kier molecular flexibility index (Phi) is 4.03. The number of aromatic nitrogens is 1. The number of halogens is 1. The predicted molar refractivity (Wildman–Crippen MR) is 70.0 cm³/mol. The molecular formula is C13H9ClN2S. The summed E-state index contributed by atoms with van der Waals surface area (Å²) in [5.74, 6) is 0.799. The van der Waals surface area contributed by atoms with Crippen molar-refractivity contribution in [3.63, 3.8) is 0 Å². The van der Waals surface area contributed by atoms with Gasteiger partial charge in [-0.1, -0.05) is 29.8 Å². The smallest absolute Gasteiger partial charge is 0.140 e. The minimum absolute atomic E-state index is 0.437. The van der Waals surface area contributed by atoms with E-state index in [2.05, 4.69) is 4.98 Å². The van der Waals surface area contributed by atoms with Crippen molar-refractivity contribution in [2.45, 2.75) is 10.6 Å². The maximum absolute atomic E-state index is 8.64. The van der Waals surface area contributed by atoms with Gasteiger partial charge < -0.3 is 0 Å². The molecule has 0 spiro atoms. The number of rotatable bonds is 3. The summed E-state index contributed by atoms with van der Waals surface area (Å²) in [4.78, 5) is 5.05. The molecule has 0 aliphatic carbocycles. The lowest BCUT2D eigenvalue weighted by Crippen LogP contribution is -1.84. The first-order chi connectivity index (χ1) is 8.29. The van der Waals surface area contributed by atoms with Gasteiger partial charge >= 0.3 is 0 Å². The van der Waals surface area contributed by atoms with Gasteiger partial charge in [-0.25, -0.2) is 4.98 Å². The van der Waals surface area contributed by atoms with Gasteiger partial charge in [0, 0.05) is 21.9 Å². The molecular weight excluding hydrogens is 252 g/mol. The van der Waals surface area contributed by atoms with Crippen LogP contribution in [0.4, 0.5) is 0 Å². The normalized spacial score (nSPS) is 9.88. The number of nitriles is 1. The van der Waals surface area contributed by atoms with E-state index >= 15 is 0 Å². The molecule has 1 aromatic heterocycles. The molecule has 2 nitrogen and oxygen atoms in total. The lowest BCUT2D eigenvalue weighted by atomic mass is 10.2. The third kappa shape index (κ3) is 3.23. The van der Waals surface area contributed by atoms with Crippen LogP contribution in [0.15, 0.2) is 47.5 Å². The van der Waals surface area contributed by atoms with E-state index in [9.17, 15) is 0 Å². The van der Waals surface area contributed by atoms with Crippen molar-refractivity contribution in [2.24, 2.45) is 0 Å². The second-order valence-corrected chi connectivity index (χ2v) is 4.83. The SMILES string of the molecule is N#Cc1ccc(SCc2ccccc2Cl)cn1. The molecule has 1 aromatic carbocycles. The Bertz CT molecular complexity index is 546. The highest BCUT2D eigenvalue weighted by Crippen LogP contribution is 2.25. The van der Waals surface area contributed by atoms with Crippen molar-refractivity contribution in [2.75, 3.05) is 0 Å². The molecule has 0 aliphatic heterocycles. The summed E-state index contributed by atoms with van der Waals surface area (Å²) in [6.45, 7) is 0. The van der Waals surface area contributed by atoms with Crippen LogP contribution < -0.4 is 0 Å². The molecule has 0 N–H and O–H groups in total. The number of nitrogens with zero attached hydrogens (tertiary/aromatic N) is 2. The van der Waals surface area contributed by atoms with Crippen LogP contribution in [-0.2, 0) is 5.75 Å². The quantitative estimate of drug-likeness (QED) is 0.786. The van der Waals surface area contributed by atoms with Crippen molar-refractivity contribution in [1.82, 2.24) is 4.98 Å². The van der Waals surface area contributed by atoms with Crippen molar-refractivity contribution in [3.8, 4) is 6.07 Å². The molecule has 0 saturated carbocycles. The number of benzene rings is 1. The van der Waals surface area contributed by atoms with Crippen LogP contribution in [0.5, 0.6) is 0 Å². The van der Waals surface area contributed by atoms with Crippen molar-refractivity contribution >= 4 is 23.4 Å². The molecule has 0 aliphatic rings. The second kappa shape index (κ2) is 5.72. The molecule has 2 aromatic rings. The van der Waals surface area contributed by atoms with E-state index in [4.69, 9.17) is 16.9 Å². The molecule has 0 bridgehead atoms. The zero-order chi connectivity index (χ0) is 12.1. The summed E-state index contributed by atoms with van der Waals surface area (Å²) in [7, 11) is 0. The van der Waals surface area contributed by atoms with E-state index in [1.54, 1.807) is 24.0 Å². The molecule has 84 valence electrons. The van der Waals surface area contributed by atoms with Gasteiger partial charge in [0.05, 0.1) is 0 Å². The van der Waals surface area contributed by atoms with Crippen LogP contribution in [0.25, 0.3) is 0 Å². The Morgan fingerprint density at radius 3 is 2.71 bits per heavy atom. The van der Waals surface area contributed by atoms with E-state index in [0.29, 0.717) is 5.69 Å². The van der Waals surface area contributed by atoms with Gasteiger partial charge in [-0.2, -0.15) is 5.26 Å². The van der Waals surface area contributed by atoms with E-state index in [0.717, 1.165) is 21.2 Å². The van der Waals surface area contributed by atoms with Crippen LogP contribution in [0, 0.1) is 11.3 Å². The highest BCUT2D eigenvalue weighted by molar-refractivity contribution is 7.98. The van der Waals surface area contributed by atoms with Crippen LogP contribution in [0.1, 0.15) is 11.3 Å². The van der Waals surface area contributed by atoms with Gasteiger partial charge in [0.25, 0.3) is 0 Å². The molecule has 2 rings (SSSR count). The average molecular weight is 261 g/mol. The van der Waals surface area contributed by atoms with E-state index < -0.39 is 0 Å². The third-order valence-corrected chi connectivity index (χ3v) is 3.60. The molecule has 0 amide bonds. The standard InChI is InChI=1S/C13H9ClN2S/c14-13-4-2-1-3-10(13)9-17-12-6-5-11(7-15)16-8-12/h1-6,8H,9H2. The Morgan fingerprint density at radius 2 is 2.06 bits per heavy atom. The Labute approximate surface area is 109 Å². The molecule has 0 unspecified atom stereocenters. The highest BCUT2D eigenvalue weighted by Gasteiger charge is 2.01. The van der Waals surface area contributed by atoms with Gasteiger partial charge in [0.1, 0.15) is 11.8 Å². The van der Waals surface area contributed by atoms with Gasteiger partial charge in [0.2, 0.25) is 0 Å². The first-order valence-corrected chi connectivity index (χ1v) is 6.38. The fraction of sp³-hybridized carbons (Fsp3) is 0.0769. The van der Waals surface area contributed by atoms with E-state index in [-0.39, 0.29) is 0 Å². The number of hydrogen-bond donors (Lipinski definition) is 0. The summed E-state index contributed by atoms with van der Waals surface area (Å²) < 4.78 is 0. The maximum Gasteiger partial charge on any atom is 0.140 e. The summed E-state index contributed by atoms with van der Waals surface area (Å²) in [5.41, 5.74) is 1.54. The number of hydrogen-bond acceptors (Lipinski definition) is 3. The first kappa shape index (κ1) is 12.0. The van der Waals surface area contributed by atoms with Crippen LogP contribution in [-0.4, -0.2) is 4.98 Å². The van der Waals surface area contributed by atoms with Gasteiger partial charge in [-0.05, 0) is 23.8 Å². The zero-order valence-electron chi connectivity index (χ0n) is 8.93. The fourth-order valence-corrected chi connectivity index (χ4v) is 2.46. The van der Waals surface area contributed by atoms with Crippen molar-refractivity contribution < 1.29 is 0 Å². The lowest BCUT2D eigenvalue weighted by Gasteiger charge is -2.03. The number of thioether (sulfide) groups is 1. The Morgan fingerprint density at radius 1 is 1.24 bits per heavy atom. The third-order valence-electron chi connectivity index (χ3n) is 2.20. The topological polar surface area (TPSA) is 36.7 Å². The van der Waals surface area contributed by atoms with Gasteiger partial charge in [-0.15, -0.1) is 11.8 Å². The lowest BCUT2D eigenvalue weighted by molar-refractivity contribution is 1.19. The first-order valence-electron chi connectivity index (χ1n) is 5.02. The van der Waals surface area contributed by atoms with Crippen molar-refractivity contribution in [3.05, 3.63) is 58.9 Å². The molecule has 0 radical (unpaired) electrons. The molecule has 0 fully saturated rings. The van der Waals surface area contributed by atoms with Crippen molar-refractivity contribution in [1.29, 1.82) is 5.26 Å². The maximum atomic E-state index is 8.64. The van der Waals surface area contributed by atoms with Crippen LogP contribution in [0.2, 0.25) is 5.02 Å². The largest absolute Gasteiger partial charge is 0.244 e. The van der Waals surface area contributed by atoms with Crippen LogP contribution in [0.3, 0.4) is 0 Å². The monoisotopic (exact) mass is 260 g/mol. The van der Waals surface area contributed by atoms with Crippen LogP contribution >= 0.6 is 23.4 Å². The Hall–Kier alpha value is -1.50.